The van der Waals surface area contributed by atoms with Gasteiger partial charge in [-0.1, -0.05) is 36.4 Å². The molecule has 0 aliphatic carbocycles. The van der Waals surface area contributed by atoms with Crippen molar-refractivity contribution >= 4 is 16.9 Å². The molecule has 2 aliphatic rings. The van der Waals surface area contributed by atoms with Crippen LogP contribution in [0.1, 0.15) is 35.2 Å². The van der Waals surface area contributed by atoms with Crippen LogP contribution in [-0.4, -0.2) is 29.5 Å². The Labute approximate surface area is 162 Å². The molecular weight excluding hydrogens is 354 g/mol. The van der Waals surface area contributed by atoms with Gasteiger partial charge in [0, 0.05) is 31.3 Å². The minimum atomic E-state index is -0.577. The zero-order valence-corrected chi connectivity index (χ0v) is 15.5. The van der Waals surface area contributed by atoms with E-state index in [4.69, 9.17) is 9.15 Å². The number of amides is 1. The molecule has 1 aromatic heterocycles. The normalized spacial score (nSPS) is 17.9. The highest BCUT2D eigenvalue weighted by atomic mass is 16.5. The summed E-state index contributed by atoms with van der Waals surface area (Å²) < 4.78 is 11.7. The van der Waals surface area contributed by atoms with Crippen molar-refractivity contribution in [3.63, 3.8) is 0 Å². The third-order valence-electron chi connectivity index (χ3n) is 5.98. The van der Waals surface area contributed by atoms with E-state index in [1.807, 2.05) is 30.3 Å². The number of likely N-dealkylation sites (tertiary alicyclic amines) is 1. The second-order valence-electron chi connectivity index (χ2n) is 7.67. The highest BCUT2D eigenvalue weighted by Crippen LogP contribution is 2.39. The Morgan fingerprint density at radius 3 is 2.57 bits per heavy atom. The zero-order chi connectivity index (χ0) is 19.1. The molecule has 1 fully saturated rings. The molecule has 1 amide bonds. The van der Waals surface area contributed by atoms with Crippen molar-refractivity contribution in [2.75, 3.05) is 13.1 Å². The van der Waals surface area contributed by atoms with Crippen molar-refractivity contribution in [1.29, 1.82) is 0 Å². The average molecular weight is 375 g/mol. The van der Waals surface area contributed by atoms with Gasteiger partial charge in [-0.15, -0.1) is 0 Å². The fourth-order valence-electron chi connectivity index (χ4n) is 4.31. The van der Waals surface area contributed by atoms with Crippen LogP contribution in [0.15, 0.2) is 63.8 Å². The molecule has 1 saturated heterocycles. The van der Waals surface area contributed by atoms with Crippen LogP contribution in [0.5, 0.6) is 5.75 Å². The van der Waals surface area contributed by atoms with E-state index >= 15 is 0 Å². The van der Waals surface area contributed by atoms with Gasteiger partial charge in [0.05, 0.1) is 0 Å². The van der Waals surface area contributed by atoms with E-state index in [9.17, 15) is 9.59 Å². The van der Waals surface area contributed by atoms with Crippen molar-refractivity contribution in [3.8, 4) is 5.75 Å². The van der Waals surface area contributed by atoms with Crippen molar-refractivity contribution in [2.45, 2.75) is 31.3 Å². The van der Waals surface area contributed by atoms with E-state index in [1.165, 1.54) is 5.56 Å². The summed E-state index contributed by atoms with van der Waals surface area (Å²) in [5.41, 5.74) is 1.06. The van der Waals surface area contributed by atoms with Gasteiger partial charge in [0.15, 0.2) is 0 Å². The smallest absolute Gasteiger partial charge is 0.349 e. The van der Waals surface area contributed by atoms with Gasteiger partial charge >= 0.3 is 5.63 Å². The minimum absolute atomic E-state index is 0.101. The molecule has 0 saturated carbocycles. The van der Waals surface area contributed by atoms with Crippen LogP contribution in [0.3, 0.4) is 0 Å². The van der Waals surface area contributed by atoms with Gasteiger partial charge in [0.1, 0.15) is 22.5 Å². The Hall–Kier alpha value is -3.08. The van der Waals surface area contributed by atoms with E-state index in [0.717, 1.165) is 36.8 Å². The molecule has 3 aromatic rings. The molecule has 5 rings (SSSR count). The molecule has 0 atom stereocenters. The third-order valence-corrected chi connectivity index (χ3v) is 5.98. The molecular formula is C23H21NO4. The number of piperidine rings is 1. The monoisotopic (exact) mass is 375 g/mol. The average Bonchev–Trinajstić information content (AvgIpc) is 2.73. The number of hydrogen-bond acceptors (Lipinski definition) is 4. The fraction of sp³-hybridized carbons (Fsp3) is 0.304. The molecule has 142 valence electrons. The van der Waals surface area contributed by atoms with E-state index in [0.29, 0.717) is 18.7 Å². The lowest BCUT2D eigenvalue weighted by molar-refractivity contribution is -0.0107. The van der Waals surface area contributed by atoms with Crippen molar-refractivity contribution in [1.82, 2.24) is 4.90 Å². The van der Waals surface area contributed by atoms with E-state index in [2.05, 4.69) is 6.07 Å². The first kappa shape index (κ1) is 17.0. The predicted molar refractivity (Wildman–Crippen MR) is 106 cm³/mol. The number of aryl methyl sites for hydroxylation is 1. The zero-order valence-electron chi connectivity index (χ0n) is 15.5. The van der Waals surface area contributed by atoms with Crippen molar-refractivity contribution in [3.05, 3.63) is 76.1 Å². The lowest BCUT2D eigenvalue weighted by atomic mass is 9.83. The molecule has 3 heterocycles. The molecule has 0 radical (unpaired) electrons. The lowest BCUT2D eigenvalue weighted by Gasteiger charge is -2.44. The molecule has 1 spiro atoms. The summed E-state index contributed by atoms with van der Waals surface area (Å²) in [5, 5.41) is 0.756. The summed E-state index contributed by atoms with van der Waals surface area (Å²) >= 11 is 0. The van der Waals surface area contributed by atoms with Crippen molar-refractivity contribution in [2.24, 2.45) is 0 Å². The number of carbonyl (C=O) groups excluding carboxylic acids is 1. The highest BCUT2D eigenvalue weighted by Gasteiger charge is 2.40. The maximum atomic E-state index is 13.0. The minimum Gasteiger partial charge on any atom is -0.487 e. The first-order chi connectivity index (χ1) is 13.6. The van der Waals surface area contributed by atoms with Gasteiger partial charge in [-0.05, 0) is 36.6 Å². The van der Waals surface area contributed by atoms with Crippen LogP contribution >= 0.6 is 0 Å². The second kappa shape index (κ2) is 6.51. The number of hydrogen-bond donors (Lipinski definition) is 0. The first-order valence-electron chi connectivity index (χ1n) is 9.73. The van der Waals surface area contributed by atoms with Gasteiger partial charge in [0.25, 0.3) is 5.91 Å². The molecule has 0 unspecified atom stereocenters. The van der Waals surface area contributed by atoms with Gasteiger partial charge in [-0.3, -0.25) is 4.79 Å². The van der Waals surface area contributed by atoms with Gasteiger partial charge < -0.3 is 14.1 Å². The van der Waals surface area contributed by atoms with Crippen LogP contribution in [0.25, 0.3) is 11.0 Å². The Morgan fingerprint density at radius 2 is 1.71 bits per heavy atom. The largest absolute Gasteiger partial charge is 0.487 e. The van der Waals surface area contributed by atoms with Crippen LogP contribution in [0.2, 0.25) is 0 Å². The summed E-state index contributed by atoms with van der Waals surface area (Å²) in [6.07, 6.45) is 3.50. The molecule has 28 heavy (non-hydrogen) atoms. The maximum Gasteiger partial charge on any atom is 0.349 e. The number of para-hydroxylation sites is 2. The van der Waals surface area contributed by atoms with Crippen molar-refractivity contribution < 1.29 is 13.9 Å². The first-order valence-corrected chi connectivity index (χ1v) is 9.73. The Kier molecular flexibility index (Phi) is 3.97. The maximum absolute atomic E-state index is 13.0. The van der Waals surface area contributed by atoms with Gasteiger partial charge in [0.2, 0.25) is 0 Å². The number of carbonyl (C=O) groups is 1. The van der Waals surface area contributed by atoms with E-state index in [1.54, 1.807) is 23.1 Å². The predicted octanol–water partition coefficient (Wildman–Crippen LogP) is 3.79. The Bertz CT molecular complexity index is 1110. The molecule has 5 heteroatoms. The number of fused-ring (bicyclic) bond motifs is 2. The van der Waals surface area contributed by atoms with Gasteiger partial charge in [-0.2, -0.15) is 0 Å². The summed E-state index contributed by atoms with van der Waals surface area (Å²) in [7, 11) is 0. The third kappa shape index (κ3) is 2.87. The Balaban J connectivity index is 1.34. The number of ether oxygens (including phenoxy) is 1. The molecule has 5 nitrogen and oxygen atoms in total. The Morgan fingerprint density at radius 1 is 0.964 bits per heavy atom. The topological polar surface area (TPSA) is 59.8 Å². The van der Waals surface area contributed by atoms with Crippen LogP contribution in [-0.2, 0) is 6.42 Å². The quantitative estimate of drug-likeness (QED) is 0.607. The highest BCUT2D eigenvalue weighted by molar-refractivity contribution is 5.96. The van der Waals surface area contributed by atoms with Crippen LogP contribution in [0, 0.1) is 0 Å². The number of rotatable bonds is 1. The molecule has 2 aliphatic heterocycles. The molecule has 0 bridgehead atoms. The van der Waals surface area contributed by atoms with Crippen LogP contribution in [0.4, 0.5) is 0 Å². The number of nitrogens with zero attached hydrogens (tertiary/aromatic N) is 1. The van der Waals surface area contributed by atoms with Gasteiger partial charge in [-0.25, -0.2) is 4.79 Å². The summed E-state index contributed by atoms with van der Waals surface area (Å²) in [5.74, 6) is 0.703. The number of benzene rings is 2. The van der Waals surface area contributed by atoms with E-state index in [-0.39, 0.29) is 17.1 Å². The summed E-state index contributed by atoms with van der Waals surface area (Å²) in [6.45, 7) is 1.15. The SMILES string of the molecule is O=C(c1cc2ccccc2oc1=O)N1CCC2(CCc3ccccc3O2)CC1. The fourth-order valence-corrected chi connectivity index (χ4v) is 4.31. The molecule has 0 N–H and O–H groups in total. The second-order valence-corrected chi connectivity index (χ2v) is 7.67. The lowest BCUT2D eigenvalue weighted by Crippen LogP contribution is -2.51. The molecule has 2 aromatic carbocycles. The van der Waals surface area contributed by atoms with E-state index < -0.39 is 5.63 Å². The standard InChI is InChI=1S/C23H21NO4/c25-21(18-15-17-6-2-3-7-19(17)27-22(18)26)24-13-11-23(12-14-24)10-9-16-5-1-4-8-20(16)28-23/h1-8,15H,9-14H2. The summed E-state index contributed by atoms with van der Waals surface area (Å²) in [4.78, 5) is 27.0. The summed E-state index contributed by atoms with van der Waals surface area (Å²) in [6, 6.07) is 17.0. The van der Waals surface area contributed by atoms with Crippen LogP contribution < -0.4 is 10.4 Å².